The lowest BCUT2D eigenvalue weighted by atomic mass is 9.79. The van der Waals surface area contributed by atoms with E-state index in [1.54, 1.807) is 25.1 Å². The molecule has 2 atom stereocenters. The number of methoxy groups -OCH3 is 1. The lowest BCUT2D eigenvalue weighted by Gasteiger charge is -2.39. The molecule has 1 N–H and O–H groups in total. The van der Waals surface area contributed by atoms with Gasteiger partial charge in [0.05, 0.1) is 19.1 Å². The molecule has 0 spiro atoms. The van der Waals surface area contributed by atoms with E-state index >= 15 is 0 Å². The Balaban J connectivity index is 1.87. The van der Waals surface area contributed by atoms with Crippen LogP contribution in [0, 0.1) is 0 Å². The molecule has 166 valence electrons. The monoisotopic (exact) mass is 423 g/mol. The number of carbonyl (C=O) groups excluding carboxylic acids is 2. The summed E-state index contributed by atoms with van der Waals surface area (Å²) in [5.74, 6) is 0.154. The van der Waals surface area contributed by atoms with Crippen LogP contribution in [0.15, 0.2) is 48.5 Å². The van der Waals surface area contributed by atoms with Gasteiger partial charge in [-0.05, 0) is 55.4 Å². The number of nitrogens with zero attached hydrogens (tertiary/aromatic N) is 2. The molecule has 1 aliphatic rings. The van der Waals surface area contributed by atoms with Crippen molar-refractivity contribution in [2.75, 3.05) is 40.3 Å². The van der Waals surface area contributed by atoms with Gasteiger partial charge < -0.3 is 19.9 Å². The normalized spacial score (nSPS) is 18.1. The summed E-state index contributed by atoms with van der Waals surface area (Å²) in [6, 6.07) is 14.7. The molecule has 1 aliphatic heterocycles. The molecule has 0 saturated heterocycles. The summed E-state index contributed by atoms with van der Waals surface area (Å²) in [6.45, 7) is 7.87. The van der Waals surface area contributed by atoms with Gasteiger partial charge in [0.1, 0.15) is 5.75 Å². The van der Waals surface area contributed by atoms with Crippen molar-refractivity contribution < 1.29 is 14.3 Å². The highest BCUT2D eigenvalue weighted by Gasteiger charge is 2.42. The predicted molar refractivity (Wildman–Crippen MR) is 122 cm³/mol. The second-order valence-corrected chi connectivity index (χ2v) is 7.87. The molecule has 0 saturated carbocycles. The first kappa shape index (κ1) is 22.8. The van der Waals surface area contributed by atoms with Gasteiger partial charge in [-0.25, -0.2) is 0 Å². The molecule has 0 aromatic heterocycles. The van der Waals surface area contributed by atoms with Crippen molar-refractivity contribution in [1.29, 1.82) is 0 Å². The first-order valence-corrected chi connectivity index (χ1v) is 11.0. The topological polar surface area (TPSA) is 61.9 Å². The van der Waals surface area contributed by atoms with Crippen molar-refractivity contribution in [3.63, 3.8) is 0 Å². The van der Waals surface area contributed by atoms with E-state index in [0.717, 1.165) is 42.9 Å². The molecule has 2 aromatic rings. The summed E-state index contributed by atoms with van der Waals surface area (Å²) in [7, 11) is 3.39. The SMILES string of the molecule is CCN(CC)CCCNC(=O)[C@H]1c2ccccc2C(=O)N(C)[C@H]1c1ccc(OC)cc1. The van der Waals surface area contributed by atoms with E-state index in [1.807, 2.05) is 42.5 Å². The zero-order valence-electron chi connectivity index (χ0n) is 18.9. The Morgan fingerprint density at radius 2 is 1.77 bits per heavy atom. The fourth-order valence-electron chi connectivity index (χ4n) is 4.34. The molecule has 2 amide bonds. The van der Waals surface area contributed by atoms with Crippen LogP contribution in [0.5, 0.6) is 5.75 Å². The Morgan fingerprint density at radius 3 is 2.42 bits per heavy atom. The van der Waals surface area contributed by atoms with Crippen LogP contribution in [0.3, 0.4) is 0 Å². The van der Waals surface area contributed by atoms with Gasteiger partial charge in [0.25, 0.3) is 5.91 Å². The van der Waals surface area contributed by atoms with Gasteiger partial charge in [0.15, 0.2) is 0 Å². The van der Waals surface area contributed by atoms with Crippen LogP contribution in [-0.2, 0) is 4.79 Å². The Morgan fingerprint density at radius 1 is 1.10 bits per heavy atom. The largest absolute Gasteiger partial charge is 0.497 e. The molecule has 0 radical (unpaired) electrons. The molecule has 0 fully saturated rings. The Hall–Kier alpha value is -2.86. The number of hydrogen-bond donors (Lipinski definition) is 1. The van der Waals surface area contributed by atoms with E-state index in [9.17, 15) is 9.59 Å². The molecule has 3 rings (SSSR count). The highest BCUT2D eigenvalue weighted by atomic mass is 16.5. The van der Waals surface area contributed by atoms with Crippen LogP contribution in [0.2, 0.25) is 0 Å². The van der Waals surface area contributed by atoms with E-state index in [4.69, 9.17) is 4.74 Å². The first-order chi connectivity index (χ1) is 15.0. The summed E-state index contributed by atoms with van der Waals surface area (Å²) >= 11 is 0. The average Bonchev–Trinajstić information content (AvgIpc) is 2.81. The number of hydrogen-bond acceptors (Lipinski definition) is 4. The Bertz CT molecular complexity index is 893. The minimum absolute atomic E-state index is 0.0489. The number of fused-ring (bicyclic) bond motifs is 1. The summed E-state index contributed by atoms with van der Waals surface area (Å²) in [6.07, 6.45) is 0.893. The average molecular weight is 424 g/mol. The lowest BCUT2D eigenvalue weighted by molar-refractivity contribution is -0.124. The van der Waals surface area contributed by atoms with Crippen LogP contribution in [0.1, 0.15) is 53.7 Å². The van der Waals surface area contributed by atoms with Crippen molar-refractivity contribution in [2.45, 2.75) is 32.2 Å². The zero-order valence-corrected chi connectivity index (χ0v) is 18.9. The van der Waals surface area contributed by atoms with Gasteiger partial charge in [0.2, 0.25) is 5.91 Å². The molecule has 0 bridgehead atoms. The third-order valence-corrected chi connectivity index (χ3v) is 6.16. The number of ether oxygens (including phenoxy) is 1. The second-order valence-electron chi connectivity index (χ2n) is 7.87. The lowest BCUT2D eigenvalue weighted by Crippen LogP contribution is -2.46. The minimum Gasteiger partial charge on any atom is -0.497 e. The third kappa shape index (κ3) is 4.90. The number of amides is 2. The quantitative estimate of drug-likeness (QED) is 0.628. The summed E-state index contributed by atoms with van der Waals surface area (Å²) in [4.78, 5) is 30.5. The summed E-state index contributed by atoms with van der Waals surface area (Å²) in [5, 5.41) is 3.13. The molecule has 0 unspecified atom stereocenters. The smallest absolute Gasteiger partial charge is 0.254 e. The van der Waals surface area contributed by atoms with Crippen molar-refractivity contribution >= 4 is 11.8 Å². The summed E-state index contributed by atoms with van der Waals surface area (Å²) < 4.78 is 5.27. The number of benzene rings is 2. The van der Waals surface area contributed by atoms with Crippen LogP contribution >= 0.6 is 0 Å². The molecule has 0 aliphatic carbocycles. The van der Waals surface area contributed by atoms with Crippen LogP contribution < -0.4 is 10.1 Å². The van der Waals surface area contributed by atoms with E-state index in [2.05, 4.69) is 24.1 Å². The van der Waals surface area contributed by atoms with Gasteiger partial charge >= 0.3 is 0 Å². The molecule has 31 heavy (non-hydrogen) atoms. The number of carbonyl (C=O) groups is 2. The Kier molecular flexibility index (Phi) is 7.69. The second kappa shape index (κ2) is 10.4. The van der Waals surface area contributed by atoms with Crippen molar-refractivity contribution in [1.82, 2.24) is 15.1 Å². The van der Waals surface area contributed by atoms with Crippen molar-refractivity contribution in [2.24, 2.45) is 0 Å². The molecular weight excluding hydrogens is 390 g/mol. The number of nitrogens with one attached hydrogen (secondary N) is 1. The van der Waals surface area contributed by atoms with Gasteiger partial charge in [-0.3, -0.25) is 9.59 Å². The highest BCUT2D eigenvalue weighted by molar-refractivity contribution is 6.01. The molecule has 1 heterocycles. The fraction of sp³-hybridized carbons (Fsp3) is 0.440. The minimum atomic E-state index is -0.472. The maximum absolute atomic E-state index is 13.4. The van der Waals surface area contributed by atoms with E-state index in [0.29, 0.717) is 12.1 Å². The standard InChI is InChI=1S/C25H33N3O3/c1-5-28(6-2)17-9-16-26-24(29)22-20-10-7-8-11-21(20)25(30)27(3)23(22)18-12-14-19(31-4)15-13-18/h7-8,10-15,22-23H,5-6,9,16-17H2,1-4H3,(H,26,29)/t22-,23-/m0/s1. The maximum atomic E-state index is 13.4. The molecular formula is C25H33N3O3. The predicted octanol–water partition coefficient (Wildman–Crippen LogP) is 3.45. The highest BCUT2D eigenvalue weighted by Crippen LogP contribution is 2.42. The number of likely N-dealkylation sites (N-methyl/N-ethyl adjacent to an activating group) is 1. The van der Waals surface area contributed by atoms with E-state index in [1.165, 1.54) is 0 Å². The first-order valence-electron chi connectivity index (χ1n) is 11.0. The Labute approximate surface area is 185 Å². The van der Waals surface area contributed by atoms with Gasteiger partial charge in [-0.15, -0.1) is 0 Å². The van der Waals surface area contributed by atoms with E-state index < -0.39 is 5.92 Å². The number of rotatable bonds is 9. The maximum Gasteiger partial charge on any atom is 0.254 e. The molecule has 6 nitrogen and oxygen atoms in total. The third-order valence-electron chi connectivity index (χ3n) is 6.16. The van der Waals surface area contributed by atoms with E-state index in [-0.39, 0.29) is 17.9 Å². The van der Waals surface area contributed by atoms with Crippen molar-refractivity contribution in [3.05, 3.63) is 65.2 Å². The van der Waals surface area contributed by atoms with Gasteiger partial charge in [0, 0.05) is 19.2 Å². The fourth-order valence-corrected chi connectivity index (χ4v) is 4.34. The summed E-state index contributed by atoms with van der Waals surface area (Å²) in [5.41, 5.74) is 2.29. The van der Waals surface area contributed by atoms with Gasteiger partial charge in [-0.1, -0.05) is 44.2 Å². The molecule has 6 heteroatoms. The van der Waals surface area contributed by atoms with Gasteiger partial charge in [-0.2, -0.15) is 0 Å². The van der Waals surface area contributed by atoms with Crippen LogP contribution in [0.25, 0.3) is 0 Å². The van der Waals surface area contributed by atoms with Crippen LogP contribution in [0.4, 0.5) is 0 Å². The zero-order chi connectivity index (χ0) is 22.4. The molecule has 2 aromatic carbocycles. The van der Waals surface area contributed by atoms with Crippen LogP contribution in [-0.4, -0.2) is 62.0 Å². The van der Waals surface area contributed by atoms with Crippen molar-refractivity contribution in [3.8, 4) is 5.75 Å².